The van der Waals surface area contributed by atoms with Crippen LogP contribution in [0.15, 0.2) is 22.0 Å². The van der Waals surface area contributed by atoms with Gasteiger partial charge in [0.05, 0.1) is 14.2 Å². The molecule has 10 heavy (non-hydrogen) atoms. The summed E-state index contributed by atoms with van der Waals surface area (Å²) in [6.07, 6.45) is 1.63. The summed E-state index contributed by atoms with van der Waals surface area (Å²) in [6.45, 7) is 0. The van der Waals surface area contributed by atoms with E-state index >= 15 is 0 Å². The average Bonchev–Trinajstić information content (AvgIpc) is 1.99. The molecule has 55 valence electrons. The van der Waals surface area contributed by atoms with Crippen LogP contribution in [-0.2, 0) is 9.47 Å². The number of rotatable bonds is 3. The molecule has 4 heteroatoms. The highest BCUT2D eigenvalue weighted by Crippen LogP contribution is 2.04. The molecule has 0 bridgehead atoms. The maximum atomic E-state index is 5.33. The summed E-state index contributed by atoms with van der Waals surface area (Å²) in [5.74, 6) is 0.649. The Morgan fingerprint density at radius 2 is 2.00 bits per heavy atom. The summed E-state index contributed by atoms with van der Waals surface area (Å²) >= 11 is 6.93. The lowest BCUT2D eigenvalue weighted by Gasteiger charge is -2.05. The largest absolute Gasteiger partial charge is 0.518 e. The van der Waals surface area contributed by atoms with E-state index in [1.54, 1.807) is 36.6 Å². The van der Waals surface area contributed by atoms with Gasteiger partial charge < -0.3 is 9.47 Å². The van der Waals surface area contributed by atoms with Gasteiger partial charge in [-0.2, -0.15) is 0 Å². The van der Waals surface area contributed by atoms with Crippen molar-refractivity contribution in [3.63, 3.8) is 0 Å². The third-order valence-electron chi connectivity index (χ3n) is 0.956. The van der Waals surface area contributed by atoms with Crippen molar-refractivity contribution in [3.05, 3.63) is 22.0 Å². The Morgan fingerprint density at radius 1 is 1.40 bits per heavy atom. The highest BCUT2D eigenvalue weighted by atomic mass is 35.5. The van der Waals surface area contributed by atoms with Crippen molar-refractivity contribution in [3.8, 4) is 0 Å². The number of allylic oxidation sites excluding steroid dienone is 1. The van der Waals surface area contributed by atoms with Crippen LogP contribution in [0.2, 0.25) is 0 Å². The molecule has 0 rings (SSSR count). The first-order chi connectivity index (χ1) is 4.76. The van der Waals surface area contributed by atoms with Gasteiger partial charge in [0.2, 0.25) is 0 Å². The zero-order valence-corrected chi connectivity index (χ0v) is 8.23. The molecule has 0 aromatic heterocycles. The molecule has 2 nitrogen and oxygen atoms in total. The average molecular weight is 176 g/mol. The second-order valence-electron chi connectivity index (χ2n) is 1.49. The Balaban J connectivity index is 4.29. The normalized spacial score (nSPS) is 13.1. The second-order valence-corrected chi connectivity index (χ2v) is 2.38. The lowest BCUT2D eigenvalue weighted by Crippen LogP contribution is -1.93. The minimum Gasteiger partial charge on any atom is -0.518 e. The minimum atomic E-state index is 0.649. The summed E-state index contributed by atoms with van der Waals surface area (Å²) < 4.78 is 10.6. The fourth-order valence-corrected chi connectivity index (χ4v) is 0.809. The topological polar surface area (TPSA) is 18.5 Å². The number of halogens is 1. The zero-order chi connectivity index (χ0) is 7.98. The molecule has 0 N–H and O–H groups in total. The van der Waals surface area contributed by atoms with Gasteiger partial charge >= 0.3 is 0 Å². The molecule has 0 aliphatic rings. The summed E-state index contributed by atoms with van der Waals surface area (Å²) in [5.41, 5.74) is 1.38. The molecule has 0 aliphatic carbocycles. The van der Waals surface area contributed by atoms with Crippen molar-refractivity contribution < 1.29 is 9.47 Å². The van der Waals surface area contributed by atoms with Crippen molar-refractivity contribution in [2.24, 2.45) is 0 Å². The van der Waals surface area contributed by atoms with Gasteiger partial charge in [-0.1, -0.05) is 11.6 Å². The van der Waals surface area contributed by atoms with Crippen molar-refractivity contribution in [2.75, 3.05) is 14.2 Å². The molecule has 0 aliphatic heterocycles. The van der Waals surface area contributed by atoms with Crippen molar-refractivity contribution in [2.45, 2.75) is 0 Å². The lowest BCUT2D eigenvalue weighted by molar-refractivity contribution is 0.251. The van der Waals surface area contributed by atoms with E-state index in [-0.39, 0.29) is 0 Å². The van der Waals surface area contributed by atoms with Crippen LogP contribution in [0.4, 0.5) is 0 Å². The van der Waals surface area contributed by atoms with Crippen LogP contribution in [0.1, 0.15) is 0 Å². The summed E-state index contributed by atoms with van der Waals surface area (Å²) in [4.78, 5) is 0. The third-order valence-corrected chi connectivity index (χ3v) is 1.72. The lowest BCUT2D eigenvalue weighted by atomic mass is 10.5. The predicted octanol–water partition coefficient (Wildman–Crippen LogP) is 1.10. The monoisotopic (exact) mass is 175 g/mol. The van der Waals surface area contributed by atoms with Crippen LogP contribution in [0.3, 0.4) is 0 Å². The van der Waals surface area contributed by atoms with Crippen molar-refractivity contribution >= 4 is 27.9 Å². The number of hydrogen-bond donors (Lipinski definition) is 0. The Bertz CT molecular complexity index is 154. The second kappa shape index (κ2) is 5.67. The summed E-state index contributed by atoms with van der Waals surface area (Å²) in [6, 6.07) is 0. The summed E-state index contributed by atoms with van der Waals surface area (Å²) in [7, 11) is 3.16. The quantitative estimate of drug-likeness (QED) is 0.363. The fourth-order valence-electron chi connectivity index (χ4n) is 0.433. The van der Waals surface area contributed by atoms with Crippen LogP contribution in [0, 0.1) is 0 Å². The standard InChI is InChI=1S/C6H8ClO2.Al.H/c1-8-5-6(9-2)3-4-7;;/h3-4H,1-2H3;;. The molecule has 0 spiro atoms. The molecule has 0 saturated heterocycles. The van der Waals surface area contributed by atoms with Crippen molar-refractivity contribution in [1.82, 2.24) is 0 Å². The van der Waals surface area contributed by atoms with E-state index in [2.05, 4.69) is 0 Å². The molecule has 0 aromatic rings. The van der Waals surface area contributed by atoms with E-state index in [0.29, 0.717) is 5.76 Å². The molecule has 0 saturated carbocycles. The maximum absolute atomic E-state index is 5.33. The zero-order valence-electron chi connectivity index (χ0n) is 6.06. The summed E-state index contributed by atoms with van der Waals surface area (Å²) in [5, 5.41) is 0. The van der Waals surface area contributed by atoms with Gasteiger partial charge in [0.15, 0.2) is 0 Å². The highest BCUT2D eigenvalue weighted by Gasteiger charge is 1.94. The Hall–Kier alpha value is -0.0975. The molecule has 0 heterocycles. The third kappa shape index (κ3) is 3.17. The van der Waals surface area contributed by atoms with Gasteiger partial charge in [-0.25, -0.2) is 0 Å². The van der Waals surface area contributed by atoms with E-state index in [9.17, 15) is 0 Å². The molecule has 0 atom stereocenters. The molecular formula is C6H9AlClO2. The first kappa shape index (κ1) is 9.90. The molecular weight excluding hydrogens is 166 g/mol. The van der Waals surface area contributed by atoms with Crippen LogP contribution >= 0.6 is 11.6 Å². The van der Waals surface area contributed by atoms with Gasteiger partial charge in [-0.3, -0.25) is 0 Å². The van der Waals surface area contributed by atoms with Crippen molar-refractivity contribution in [1.29, 1.82) is 0 Å². The predicted molar refractivity (Wildman–Crippen MR) is 43.2 cm³/mol. The molecule has 0 amide bonds. The van der Waals surface area contributed by atoms with Gasteiger partial charge in [0.25, 0.3) is 16.3 Å². The SMILES string of the molecule is CO[C]([AlH])=C(C=CCl)OC. The van der Waals surface area contributed by atoms with Gasteiger partial charge in [-0.05, 0) is 6.08 Å². The van der Waals surface area contributed by atoms with E-state index in [4.69, 9.17) is 21.1 Å². The maximum Gasteiger partial charge on any atom is 0.291 e. The Morgan fingerprint density at radius 3 is 2.30 bits per heavy atom. The first-order valence-corrected chi connectivity index (χ1v) is 3.81. The van der Waals surface area contributed by atoms with Gasteiger partial charge in [0, 0.05) is 10.2 Å². The Labute approximate surface area is 73.9 Å². The molecule has 0 fully saturated rings. The van der Waals surface area contributed by atoms with E-state index in [1.165, 1.54) is 5.54 Å². The van der Waals surface area contributed by atoms with E-state index < -0.39 is 0 Å². The van der Waals surface area contributed by atoms with Crippen LogP contribution in [0.25, 0.3) is 0 Å². The number of methoxy groups -OCH3 is 2. The smallest absolute Gasteiger partial charge is 0.291 e. The van der Waals surface area contributed by atoms with Gasteiger partial charge in [-0.15, -0.1) is 0 Å². The first-order valence-electron chi connectivity index (χ1n) is 2.67. The molecule has 0 aromatic carbocycles. The van der Waals surface area contributed by atoms with Crippen LogP contribution in [-0.4, -0.2) is 30.5 Å². The molecule has 1 radical (unpaired) electrons. The van der Waals surface area contributed by atoms with Crippen LogP contribution in [0.5, 0.6) is 0 Å². The minimum absolute atomic E-state index is 0.649. The van der Waals surface area contributed by atoms with Crippen LogP contribution < -0.4 is 0 Å². The van der Waals surface area contributed by atoms with E-state index in [0.717, 1.165) is 4.62 Å². The number of ether oxygens (including phenoxy) is 2. The fraction of sp³-hybridized carbons (Fsp3) is 0.333. The highest BCUT2D eigenvalue weighted by molar-refractivity contribution is 6.25. The molecule has 0 unspecified atom stereocenters. The van der Waals surface area contributed by atoms with Gasteiger partial charge in [0.1, 0.15) is 5.76 Å². The number of hydrogen-bond acceptors (Lipinski definition) is 2. The van der Waals surface area contributed by atoms with E-state index in [1.807, 2.05) is 0 Å². The Kier molecular flexibility index (Phi) is 5.61.